The number of hydrogen-bond donors (Lipinski definition) is 1. The molecule has 0 aromatic heterocycles. The Balaban J connectivity index is 1.34. The summed E-state index contributed by atoms with van der Waals surface area (Å²) in [6, 6.07) is 5.96. The first-order chi connectivity index (χ1) is 13.1. The third-order valence-corrected chi connectivity index (χ3v) is 5.28. The van der Waals surface area contributed by atoms with Crippen molar-refractivity contribution < 1.29 is 18.7 Å². The van der Waals surface area contributed by atoms with Gasteiger partial charge < -0.3 is 19.5 Å². The van der Waals surface area contributed by atoms with Gasteiger partial charge >= 0.3 is 0 Å². The van der Waals surface area contributed by atoms with Crippen LogP contribution in [0.2, 0.25) is 0 Å². The molecule has 144 valence electrons. The average molecular weight is 374 g/mol. The number of fused-ring (bicyclic) bond motifs is 1. The molecular weight excluding hydrogens is 351 g/mol. The summed E-state index contributed by atoms with van der Waals surface area (Å²) in [6.07, 6.45) is 4.45. The molecule has 2 unspecified atom stereocenters. The molecule has 1 aromatic carbocycles. The molecule has 7 nitrogen and oxygen atoms in total. The van der Waals surface area contributed by atoms with Crippen molar-refractivity contribution in [2.45, 2.75) is 24.9 Å². The maximum Gasteiger partial charge on any atom is 0.250 e. The second-order valence-electron chi connectivity index (χ2n) is 6.96. The van der Waals surface area contributed by atoms with Gasteiger partial charge in [-0.15, -0.1) is 0 Å². The molecule has 8 heteroatoms. The molecule has 1 N–H and O–H groups in total. The van der Waals surface area contributed by atoms with Crippen LogP contribution in [0.3, 0.4) is 0 Å². The molecule has 4 rings (SSSR count). The van der Waals surface area contributed by atoms with Crippen LogP contribution in [0.15, 0.2) is 36.7 Å². The van der Waals surface area contributed by atoms with E-state index in [2.05, 4.69) is 5.43 Å². The predicted molar refractivity (Wildman–Crippen MR) is 95.4 cm³/mol. The van der Waals surface area contributed by atoms with Gasteiger partial charge in [-0.05, 0) is 24.1 Å². The summed E-state index contributed by atoms with van der Waals surface area (Å²) in [5.41, 5.74) is 4.23. The number of hydrogen-bond acceptors (Lipinski definition) is 5. The van der Waals surface area contributed by atoms with Crippen molar-refractivity contribution in [1.82, 2.24) is 20.2 Å². The van der Waals surface area contributed by atoms with Crippen molar-refractivity contribution in [3.8, 4) is 0 Å². The Morgan fingerprint density at radius 1 is 1.19 bits per heavy atom. The van der Waals surface area contributed by atoms with Crippen LogP contribution in [0, 0.1) is 5.82 Å². The zero-order chi connectivity index (χ0) is 18.8. The Morgan fingerprint density at radius 2 is 1.93 bits per heavy atom. The molecule has 0 aliphatic carbocycles. The smallest absolute Gasteiger partial charge is 0.250 e. The topological polar surface area (TPSA) is 65.1 Å². The highest BCUT2D eigenvalue weighted by Gasteiger charge is 2.40. The Labute approximate surface area is 157 Å². The summed E-state index contributed by atoms with van der Waals surface area (Å²) >= 11 is 0. The summed E-state index contributed by atoms with van der Waals surface area (Å²) in [5.74, 6) is -0.249. The molecule has 2 fully saturated rings. The summed E-state index contributed by atoms with van der Waals surface area (Å²) in [6.45, 7) is 2.74. The van der Waals surface area contributed by atoms with Gasteiger partial charge in [0.2, 0.25) is 5.91 Å². The molecule has 1 aromatic rings. The van der Waals surface area contributed by atoms with Gasteiger partial charge in [0.1, 0.15) is 11.9 Å². The van der Waals surface area contributed by atoms with Gasteiger partial charge in [-0.3, -0.25) is 9.59 Å². The maximum atomic E-state index is 13.1. The number of nitrogens with zero attached hydrogens (tertiary/aromatic N) is 3. The molecule has 3 aliphatic heterocycles. The van der Waals surface area contributed by atoms with Crippen LogP contribution in [0.4, 0.5) is 4.39 Å². The lowest BCUT2D eigenvalue weighted by atomic mass is 10.0. The molecule has 2 saturated heterocycles. The molecule has 2 amide bonds. The van der Waals surface area contributed by atoms with E-state index in [1.165, 1.54) is 12.1 Å². The van der Waals surface area contributed by atoms with Crippen LogP contribution >= 0.6 is 0 Å². The van der Waals surface area contributed by atoms with Gasteiger partial charge in [0.15, 0.2) is 0 Å². The van der Waals surface area contributed by atoms with Gasteiger partial charge in [-0.2, -0.15) is 0 Å². The number of hydrazine groups is 1. The monoisotopic (exact) mass is 374 g/mol. The fraction of sp³-hybridized carbons (Fsp3) is 0.474. The van der Waals surface area contributed by atoms with Crippen LogP contribution < -0.4 is 5.43 Å². The van der Waals surface area contributed by atoms with Crippen molar-refractivity contribution in [1.29, 1.82) is 0 Å². The maximum absolute atomic E-state index is 13.1. The SMILES string of the molecule is O=C1C2CC(c3ccc(F)cc3)NN2C=CN1CCC(=O)N1CCOCC1. The van der Waals surface area contributed by atoms with E-state index < -0.39 is 0 Å². The quantitative estimate of drug-likeness (QED) is 0.852. The first-order valence-corrected chi connectivity index (χ1v) is 9.26. The number of halogens is 1. The van der Waals surface area contributed by atoms with Gasteiger partial charge in [0, 0.05) is 38.5 Å². The minimum absolute atomic E-state index is 0.0237. The average Bonchev–Trinajstić information content (AvgIpc) is 3.14. The van der Waals surface area contributed by atoms with Crippen LogP contribution in [0.1, 0.15) is 24.4 Å². The molecule has 3 aliphatic rings. The number of carbonyl (C=O) groups is 2. The van der Waals surface area contributed by atoms with E-state index >= 15 is 0 Å². The van der Waals surface area contributed by atoms with E-state index in [9.17, 15) is 14.0 Å². The molecule has 3 heterocycles. The van der Waals surface area contributed by atoms with Gasteiger partial charge in [-0.25, -0.2) is 9.82 Å². The third-order valence-electron chi connectivity index (χ3n) is 5.28. The van der Waals surface area contributed by atoms with E-state index in [0.717, 1.165) is 5.56 Å². The fourth-order valence-electron chi connectivity index (χ4n) is 3.72. The molecule has 2 atom stereocenters. The second-order valence-corrected chi connectivity index (χ2v) is 6.96. The van der Waals surface area contributed by atoms with Crippen LogP contribution in [0.25, 0.3) is 0 Å². The number of morpholine rings is 1. The molecule has 0 spiro atoms. The van der Waals surface area contributed by atoms with E-state index in [-0.39, 0.29) is 29.7 Å². The Morgan fingerprint density at radius 3 is 2.67 bits per heavy atom. The first-order valence-electron chi connectivity index (χ1n) is 9.26. The molecule has 27 heavy (non-hydrogen) atoms. The highest BCUT2D eigenvalue weighted by Crippen LogP contribution is 2.30. The molecule has 0 bridgehead atoms. The Hall–Kier alpha value is -2.45. The Bertz CT molecular complexity index is 733. The summed E-state index contributed by atoms with van der Waals surface area (Å²) < 4.78 is 18.4. The lowest BCUT2D eigenvalue weighted by Crippen LogP contribution is -2.49. The van der Waals surface area contributed by atoms with E-state index in [1.54, 1.807) is 33.1 Å². The number of amides is 2. The van der Waals surface area contributed by atoms with Gasteiger partial charge in [-0.1, -0.05) is 12.1 Å². The number of rotatable bonds is 4. The minimum Gasteiger partial charge on any atom is -0.378 e. The highest BCUT2D eigenvalue weighted by atomic mass is 19.1. The summed E-state index contributed by atoms with van der Waals surface area (Å²) in [7, 11) is 0. The predicted octanol–water partition coefficient (Wildman–Crippen LogP) is 1.01. The standard InChI is InChI=1S/C19H23FN4O3/c20-15-3-1-14(2-4-15)16-13-17-19(26)23(7-8-24(17)21-16)6-5-18(25)22-9-11-27-12-10-22/h1-4,7-8,16-17,21H,5-6,9-13H2. The lowest BCUT2D eigenvalue weighted by molar-refractivity contribution is -0.138. The van der Waals surface area contributed by atoms with Crippen LogP contribution in [0.5, 0.6) is 0 Å². The first kappa shape index (κ1) is 17.9. The van der Waals surface area contributed by atoms with Crippen molar-refractivity contribution in [3.05, 3.63) is 48.0 Å². The van der Waals surface area contributed by atoms with E-state index in [0.29, 0.717) is 45.7 Å². The van der Waals surface area contributed by atoms with E-state index in [4.69, 9.17) is 4.74 Å². The normalized spacial score (nSPS) is 25.1. The minimum atomic E-state index is -0.316. The van der Waals surface area contributed by atoms with Crippen molar-refractivity contribution in [2.24, 2.45) is 0 Å². The lowest BCUT2D eigenvalue weighted by Gasteiger charge is -2.32. The largest absolute Gasteiger partial charge is 0.378 e. The van der Waals surface area contributed by atoms with Crippen LogP contribution in [-0.2, 0) is 14.3 Å². The van der Waals surface area contributed by atoms with Gasteiger partial charge in [0.05, 0.1) is 19.3 Å². The zero-order valence-electron chi connectivity index (χ0n) is 15.0. The highest BCUT2D eigenvalue weighted by molar-refractivity contribution is 5.85. The summed E-state index contributed by atoms with van der Waals surface area (Å²) in [4.78, 5) is 28.5. The third kappa shape index (κ3) is 3.81. The second kappa shape index (κ2) is 7.66. The van der Waals surface area contributed by atoms with Gasteiger partial charge in [0.25, 0.3) is 5.91 Å². The van der Waals surface area contributed by atoms with Crippen LogP contribution in [-0.4, -0.2) is 65.5 Å². The zero-order valence-corrected chi connectivity index (χ0v) is 15.0. The molecular formula is C19H23FN4O3. The number of nitrogens with one attached hydrogen (secondary N) is 1. The number of carbonyl (C=O) groups excluding carboxylic acids is 2. The van der Waals surface area contributed by atoms with Crippen molar-refractivity contribution >= 4 is 11.8 Å². The number of benzene rings is 1. The molecule has 0 saturated carbocycles. The summed E-state index contributed by atoms with van der Waals surface area (Å²) in [5, 5.41) is 1.80. The van der Waals surface area contributed by atoms with Crippen molar-refractivity contribution in [2.75, 3.05) is 32.8 Å². The fourth-order valence-corrected chi connectivity index (χ4v) is 3.72. The molecule has 0 radical (unpaired) electrons. The Kier molecular flexibility index (Phi) is 5.09. The van der Waals surface area contributed by atoms with Crippen molar-refractivity contribution in [3.63, 3.8) is 0 Å². The van der Waals surface area contributed by atoms with E-state index in [1.807, 2.05) is 6.20 Å². The number of ether oxygens (including phenoxy) is 1.